The van der Waals surface area contributed by atoms with Crippen molar-refractivity contribution < 1.29 is 0 Å². The number of hydrogen-bond acceptors (Lipinski definition) is 2. The molecule has 0 bridgehead atoms. The number of benzene rings is 2. The largest absolute Gasteiger partial charge is 0.300 e. The van der Waals surface area contributed by atoms with Gasteiger partial charge in [-0.1, -0.05) is 66.9 Å². The second-order valence-electron chi connectivity index (χ2n) is 8.77. The van der Waals surface area contributed by atoms with Crippen molar-refractivity contribution in [3.63, 3.8) is 0 Å². The molecule has 0 aromatic heterocycles. The predicted molar refractivity (Wildman–Crippen MR) is 127 cm³/mol. The lowest BCUT2D eigenvalue weighted by atomic mass is 9.85. The van der Waals surface area contributed by atoms with Crippen molar-refractivity contribution in [1.29, 1.82) is 0 Å². The standard InChI is InChI=1S/C26H32ClNS/c1-19-5-3-7-24(17-19)28-15-13-22(14-16-28)20(2)21-9-11-25(12-10-21)29-26-8-4-6-23(27)18-26/h4,6,8-12,18-19,24H,3,5,7,13-17H2,1-2H3. The molecule has 0 radical (unpaired) electrons. The predicted octanol–water partition coefficient (Wildman–Crippen LogP) is 7.94. The highest BCUT2D eigenvalue weighted by Crippen LogP contribution is 2.34. The van der Waals surface area contributed by atoms with E-state index in [1.165, 1.54) is 72.5 Å². The van der Waals surface area contributed by atoms with Crippen LogP contribution in [0, 0.1) is 5.92 Å². The van der Waals surface area contributed by atoms with Crippen LogP contribution in [-0.4, -0.2) is 24.0 Å². The second-order valence-corrected chi connectivity index (χ2v) is 10.4. The van der Waals surface area contributed by atoms with E-state index in [0.717, 1.165) is 17.0 Å². The van der Waals surface area contributed by atoms with E-state index in [1.54, 1.807) is 17.3 Å². The SMILES string of the molecule is CC(=C1CCN(C2CCCC(C)C2)CC1)c1ccc(Sc2cccc(Cl)c2)cc1. The van der Waals surface area contributed by atoms with Crippen molar-refractivity contribution >= 4 is 28.9 Å². The number of likely N-dealkylation sites (tertiary alicyclic amines) is 1. The van der Waals surface area contributed by atoms with Crippen molar-refractivity contribution in [2.75, 3.05) is 13.1 Å². The van der Waals surface area contributed by atoms with E-state index < -0.39 is 0 Å². The van der Waals surface area contributed by atoms with Gasteiger partial charge in [-0.05, 0) is 80.0 Å². The van der Waals surface area contributed by atoms with E-state index >= 15 is 0 Å². The van der Waals surface area contributed by atoms with Crippen LogP contribution in [0.3, 0.4) is 0 Å². The molecule has 2 atom stereocenters. The highest BCUT2D eigenvalue weighted by molar-refractivity contribution is 7.99. The molecule has 1 saturated carbocycles. The van der Waals surface area contributed by atoms with Gasteiger partial charge in [0.15, 0.2) is 0 Å². The Morgan fingerprint density at radius 2 is 1.76 bits per heavy atom. The molecular formula is C26H32ClNS. The molecule has 0 spiro atoms. The topological polar surface area (TPSA) is 3.24 Å². The zero-order valence-electron chi connectivity index (χ0n) is 17.7. The number of nitrogens with zero attached hydrogens (tertiary/aromatic N) is 1. The fourth-order valence-electron chi connectivity index (χ4n) is 4.91. The Bertz CT molecular complexity index is 847. The molecule has 1 heterocycles. The Labute approximate surface area is 185 Å². The fourth-order valence-corrected chi connectivity index (χ4v) is 6.04. The van der Waals surface area contributed by atoms with E-state index in [4.69, 9.17) is 11.6 Å². The molecule has 4 rings (SSSR count). The Balaban J connectivity index is 1.37. The van der Waals surface area contributed by atoms with Crippen molar-refractivity contribution in [1.82, 2.24) is 4.90 Å². The zero-order chi connectivity index (χ0) is 20.2. The monoisotopic (exact) mass is 425 g/mol. The minimum Gasteiger partial charge on any atom is -0.300 e. The maximum atomic E-state index is 6.11. The van der Waals surface area contributed by atoms with Gasteiger partial charge in [0.25, 0.3) is 0 Å². The van der Waals surface area contributed by atoms with Gasteiger partial charge < -0.3 is 0 Å². The van der Waals surface area contributed by atoms with Crippen LogP contribution in [0.1, 0.15) is 57.9 Å². The quantitative estimate of drug-likeness (QED) is 0.489. The van der Waals surface area contributed by atoms with Gasteiger partial charge in [-0.3, -0.25) is 4.90 Å². The molecule has 2 aliphatic rings. The lowest BCUT2D eigenvalue weighted by molar-refractivity contribution is 0.126. The number of piperidine rings is 1. The third-order valence-electron chi connectivity index (χ3n) is 6.68. The van der Waals surface area contributed by atoms with Gasteiger partial charge in [0, 0.05) is 33.9 Å². The minimum absolute atomic E-state index is 0.793. The number of rotatable bonds is 4. The molecule has 2 aromatic rings. The van der Waals surface area contributed by atoms with Crippen molar-refractivity contribution in [3.8, 4) is 0 Å². The summed E-state index contributed by atoms with van der Waals surface area (Å²) in [5.41, 5.74) is 4.51. The van der Waals surface area contributed by atoms with Gasteiger partial charge in [0.05, 0.1) is 0 Å². The summed E-state index contributed by atoms with van der Waals surface area (Å²) < 4.78 is 0. The first-order valence-electron chi connectivity index (χ1n) is 11.0. The Morgan fingerprint density at radius 1 is 1.00 bits per heavy atom. The summed E-state index contributed by atoms with van der Waals surface area (Å²) in [5.74, 6) is 0.913. The van der Waals surface area contributed by atoms with Crippen LogP contribution in [0.4, 0.5) is 0 Å². The molecule has 3 heteroatoms. The van der Waals surface area contributed by atoms with Gasteiger partial charge in [-0.2, -0.15) is 0 Å². The van der Waals surface area contributed by atoms with Crippen LogP contribution in [0.2, 0.25) is 5.02 Å². The zero-order valence-corrected chi connectivity index (χ0v) is 19.2. The molecule has 1 aliphatic heterocycles. The third kappa shape index (κ3) is 5.48. The molecule has 2 fully saturated rings. The molecule has 29 heavy (non-hydrogen) atoms. The first-order valence-corrected chi connectivity index (χ1v) is 12.2. The van der Waals surface area contributed by atoms with Crippen LogP contribution in [0.25, 0.3) is 5.57 Å². The molecule has 1 nitrogen and oxygen atoms in total. The highest BCUT2D eigenvalue weighted by atomic mass is 35.5. The fraction of sp³-hybridized carbons (Fsp3) is 0.462. The summed E-state index contributed by atoms with van der Waals surface area (Å²) in [6.07, 6.45) is 8.13. The second kappa shape index (κ2) is 9.73. The van der Waals surface area contributed by atoms with E-state index in [0.29, 0.717) is 0 Å². The van der Waals surface area contributed by atoms with Crippen LogP contribution in [-0.2, 0) is 0 Å². The summed E-state index contributed by atoms with van der Waals surface area (Å²) >= 11 is 7.87. The van der Waals surface area contributed by atoms with Crippen molar-refractivity contribution in [2.24, 2.45) is 5.92 Å². The Kier molecular flexibility index (Phi) is 7.05. The normalized spacial score (nSPS) is 23.2. The van der Waals surface area contributed by atoms with Crippen LogP contribution < -0.4 is 0 Å². The molecule has 2 unspecified atom stereocenters. The first kappa shape index (κ1) is 21.0. The van der Waals surface area contributed by atoms with Gasteiger partial charge in [0.2, 0.25) is 0 Å². The Hall–Kier alpha value is -1.22. The van der Waals surface area contributed by atoms with Crippen molar-refractivity contribution in [3.05, 3.63) is 64.7 Å². The molecule has 1 saturated heterocycles. The average molecular weight is 426 g/mol. The van der Waals surface area contributed by atoms with Gasteiger partial charge in [-0.15, -0.1) is 0 Å². The average Bonchev–Trinajstić information content (AvgIpc) is 2.74. The molecular weight excluding hydrogens is 394 g/mol. The van der Waals surface area contributed by atoms with Crippen LogP contribution in [0.15, 0.2) is 63.9 Å². The maximum absolute atomic E-state index is 6.11. The van der Waals surface area contributed by atoms with Crippen LogP contribution >= 0.6 is 23.4 Å². The molecule has 2 aromatic carbocycles. The third-order valence-corrected chi connectivity index (χ3v) is 7.91. The van der Waals surface area contributed by atoms with Crippen LogP contribution in [0.5, 0.6) is 0 Å². The van der Waals surface area contributed by atoms with E-state index in [-0.39, 0.29) is 0 Å². The van der Waals surface area contributed by atoms with Gasteiger partial charge in [-0.25, -0.2) is 0 Å². The van der Waals surface area contributed by atoms with E-state index in [9.17, 15) is 0 Å². The summed E-state index contributed by atoms with van der Waals surface area (Å²) in [4.78, 5) is 5.22. The first-order chi connectivity index (χ1) is 14.1. The van der Waals surface area contributed by atoms with E-state index in [1.807, 2.05) is 18.2 Å². The summed E-state index contributed by atoms with van der Waals surface area (Å²) in [6, 6.07) is 17.9. The molecule has 0 amide bonds. The summed E-state index contributed by atoms with van der Waals surface area (Å²) in [6.45, 7) is 7.23. The lowest BCUT2D eigenvalue weighted by Crippen LogP contribution is -2.42. The number of allylic oxidation sites excluding steroid dienone is 1. The van der Waals surface area contributed by atoms with E-state index in [2.05, 4.69) is 49.1 Å². The maximum Gasteiger partial charge on any atom is 0.0417 e. The van der Waals surface area contributed by atoms with Crippen molar-refractivity contribution in [2.45, 2.75) is 68.2 Å². The minimum atomic E-state index is 0.793. The molecule has 0 N–H and O–H groups in total. The smallest absolute Gasteiger partial charge is 0.0417 e. The Morgan fingerprint density at radius 3 is 2.45 bits per heavy atom. The van der Waals surface area contributed by atoms with Gasteiger partial charge in [0.1, 0.15) is 0 Å². The number of hydrogen-bond donors (Lipinski definition) is 0. The molecule has 154 valence electrons. The lowest BCUT2D eigenvalue weighted by Gasteiger charge is -2.39. The molecule has 1 aliphatic carbocycles. The summed E-state index contributed by atoms with van der Waals surface area (Å²) in [5, 5.41) is 0.793. The van der Waals surface area contributed by atoms with Gasteiger partial charge >= 0.3 is 0 Å². The summed E-state index contributed by atoms with van der Waals surface area (Å²) in [7, 11) is 0. The number of halogens is 1. The highest BCUT2D eigenvalue weighted by Gasteiger charge is 2.27.